The van der Waals surface area contributed by atoms with E-state index < -0.39 is 6.10 Å². The Hall–Kier alpha value is -0.890. The molecular weight excluding hydrogens is 260 g/mol. The summed E-state index contributed by atoms with van der Waals surface area (Å²) in [6.07, 6.45) is -0.691. The van der Waals surface area contributed by atoms with Gasteiger partial charge in [0.15, 0.2) is 5.82 Å². The van der Waals surface area contributed by atoms with E-state index in [1.807, 2.05) is 17.5 Å². The van der Waals surface area contributed by atoms with Crippen molar-refractivity contribution in [1.82, 2.24) is 10.1 Å². The maximum Gasteiger partial charge on any atom is 0.268 e. The lowest BCUT2D eigenvalue weighted by molar-refractivity contribution is 0.113. The van der Waals surface area contributed by atoms with Crippen molar-refractivity contribution in [3.05, 3.63) is 23.3 Å². The van der Waals surface area contributed by atoms with Crippen LogP contribution in [0.25, 0.3) is 10.8 Å². The molecule has 1 atom stereocenters. The summed E-state index contributed by atoms with van der Waals surface area (Å²) in [5, 5.41) is 23.6. The smallest absolute Gasteiger partial charge is 0.268 e. The van der Waals surface area contributed by atoms with Gasteiger partial charge < -0.3 is 14.7 Å². The Labute approximate surface area is 106 Å². The van der Waals surface area contributed by atoms with Crippen LogP contribution < -0.4 is 0 Å². The van der Waals surface area contributed by atoms with Crippen molar-refractivity contribution in [1.29, 1.82) is 0 Å². The Morgan fingerprint density at radius 1 is 1.53 bits per heavy atom. The molecule has 0 amide bonds. The fourth-order valence-corrected chi connectivity index (χ4v) is 2.59. The summed E-state index contributed by atoms with van der Waals surface area (Å²) in [6.45, 7) is -0.223. The van der Waals surface area contributed by atoms with Crippen molar-refractivity contribution < 1.29 is 14.7 Å². The zero-order chi connectivity index (χ0) is 12.1. The van der Waals surface area contributed by atoms with Crippen molar-refractivity contribution in [2.75, 3.05) is 12.4 Å². The van der Waals surface area contributed by atoms with Crippen molar-refractivity contribution in [2.24, 2.45) is 0 Å². The SMILES string of the molecule is OCC(O)CSCc1noc(-c2cccs2)n1. The first kappa shape index (κ1) is 12.6. The largest absolute Gasteiger partial charge is 0.394 e. The molecule has 2 rings (SSSR count). The number of hydrogen-bond acceptors (Lipinski definition) is 7. The molecule has 5 nitrogen and oxygen atoms in total. The predicted molar refractivity (Wildman–Crippen MR) is 66.9 cm³/mol. The molecule has 2 N–H and O–H groups in total. The molecular formula is C10H12N2O3S2. The molecule has 0 saturated carbocycles. The molecule has 0 radical (unpaired) electrons. The van der Waals surface area contributed by atoms with E-state index >= 15 is 0 Å². The normalized spacial score (nSPS) is 12.8. The van der Waals surface area contributed by atoms with Gasteiger partial charge in [-0.15, -0.1) is 11.3 Å². The summed E-state index contributed by atoms with van der Waals surface area (Å²) >= 11 is 3.00. The van der Waals surface area contributed by atoms with Crippen LogP contribution >= 0.6 is 23.1 Å². The van der Waals surface area contributed by atoms with E-state index in [0.29, 0.717) is 23.2 Å². The molecule has 2 aromatic heterocycles. The summed E-state index contributed by atoms with van der Waals surface area (Å²) in [4.78, 5) is 5.19. The van der Waals surface area contributed by atoms with Crippen molar-refractivity contribution in [2.45, 2.75) is 11.9 Å². The van der Waals surface area contributed by atoms with Crippen LogP contribution in [0, 0.1) is 0 Å². The van der Waals surface area contributed by atoms with E-state index in [1.165, 1.54) is 11.8 Å². The molecule has 0 spiro atoms. The molecule has 0 aliphatic carbocycles. The molecule has 1 unspecified atom stereocenters. The zero-order valence-corrected chi connectivity index (χ0v) is 10.6. The first-order valence-corrected chi connectivity index (χ1v) is 7.06. The van der Waals surface area contributed by atoms with E-state index in [-0.39, 0.29) is 6.61 Å². The molecule has 0 aliphatic rings. The van der Waals surface area contributed by atoms with Crippen molar-refractivity contribution >= 4 is 23.1 Å². The fraction of sp³-hybridized carbons (Fsp3) is 0.400. The number of thiophene rings is 1. The minimum absolute atomic E-state index is 0.223. The lowest BCUT2D eigenvalue weighted by Crippen LogP contribution is -2.14. The van der Waals surface area contributed by atoms with Crippen LogP contribution in [-0.4, -0.2) is 38.8 Å². The second-order valence-corrected chi connectivity index (χ2v) is 5.32. The van der Waals surface area contributed by atoms with Gasteiger partial charge in [-0.2, -0.15) is 16.7 Å². The maximum atomic E-state index is 9.16. The van der Waals surface area contributed by atoms with Gasteiger partial charge in [0.25, 0.3) is 5.89 Å². The van der Waals surface area contributed by atoms with Gasteiger partial charge in [-0.25, -0.2) is 0 Å². The van der Waals surface area contributed by atoms with E-state index in [1.54, 1.807) is 11.3 Å². The van der Waals surface area contributed by atoms with Crippen molar-refractivity contribution in [3.8, 4) is 10.8 Å². The highest BCUT2D eigenvalue weighted by Gasteiger charge is 2.10. The number of aromatic nitrogens is 2. The summed E-state index contributed by atoms with van der Waals surface area (Å²) in [5.41, 5.74) is 0. The molecule has 2 aromatic rings. The lowest BCUT2D eigenvalue weighted by atomic mass is 10.4. The molecule has 0 bridgehead atoms. The molecule has 17 heavy (non-hydrogen) atoms. The average molecular weight is 272 g/mol. The van der Waals surface area contributed by atoms with Crippen LogP contribution in [0.15, 0.2) is 22.0 Å². The molecule has 0 aliphatic heterocycles. The summed E-state index contributed by atoms with van der Waals surface area (Å²) in [5.74, 6) is 2.15. The molecule has 0 aromatic carbocycles. The van der Waals surface area contributed by atoms with Crippen LogP contribution in [0.5, 0.6) is 0 Å². The van der Waals surface area contributed by atoms with Gasteiger partial charge in [-0.3, -0.25) is 0 Å². The second-order valence-electron chi connectivity index (χ2n) is 3.34. The molecule has 2 heterocycles. The van der Waals surface area contributed by atoms with E-state index in [0.717, 1.165) is 4.88 Å². The monoisotopic (exact) mass is 272 g/mol. The van der Waals surface area contributed by atoms with E-state index in [4.69, 9.17) is 14.7 Å². The van der Waals surface area contributed by atoms with Gasteiger partial charge >= 0.3 is 0 Å². The second kappa shape index (κ2) is 6.15. The molecule has 0 saturated heterocycles. The van der Waals surface area contributed by atoms with Crippen LogP contribution in [0.2, 0.25) is 0 Å². The summed E-state index contributed by atoms with van der Waals surface area (Å²) in [7, 11) is 0. The number of hydrogen-bond donors (Lipinski definition) is 2. The maximum absolute atomic E-state index is 9.16. The topological polar surface area (TPSA) is 79.4 Å². The van der Waals surface area contributed by atoms with Crippen LogP contribution in [0.3, 0.4) is 0 Å². The fourth-order valence-electron chi connectivity index (χ4n) is 1.15. The van der Waals surface area contributed by atoms with Crippen LogP contribution in [-0.2, 0) is 5.75 Å². The Balaban J connectivity index is 1.87. The van der Waals surface area contributed by atoms with Crippen LogP contribution in [0.4, 0.5) is 0 Å². The average Bonchev–Trinajstić information content (AvgIpc) is 2.98. The Bertz CT molecular complexity index is 444. The number of aliphatic hydroxyl groups excluding tert-OH is 2. The third kappa shape index (κ3) is 3.53. The highest BCUT2D eigenvalue weighted by atomic mass is 32.2. The zero-order valence-electron chi connectivity index (χ0n) is 8.94. The van der Waals surface area contributed by atoms with Gasteiger partial charge in [0.05, 0.1) is 23.3 Å². The first-order chi connectivity index (χ1) is 8.29. The number of nitrogens with zero attached hydrogens (tertiary/aromatic N) is 2. The van der Waals surface area contributed by atoms with Gasteiger partial charge in [0.1, 0.15) is 0 Å². The summed E-state index contributed by atoms with van der Waals surface area (Å²) in [6, 6.07) is 3.85. The van der Waals surface area contributed by atoms with Gasteiger partial charge in [0.2, 0.25) is 0 Å². The predicted octanol–water partition coefficient (Wildman–Crippen LogP) is 1.38. The van der Waals surface area contributed by atoms with Crippen molar-refractivity contribution in [3.63, 3.8) is 0 Å². The third-order valence-electron chi connectivity index (χ3n) is 1.95. The number of rotatable bonds is 6. The highest BCUT2D eigenvalue weighted by Crippen LogP contribution is 2.23. The quantitative estimate of drug-likeness (QED) is 0.827. The van der Waals surface area contributed by atoms with Gasteiger partial charge in [0, 0.05) is 5.75 Å². The lowest BCUT2D eigenvalue weighted by Gasteiger charge is -2.03. The standard InChI is InChI=1S/C10H12N2O3S2/c13-4-7(14)5-16-6-9-11-10(15-12-9)8-2-1-3-17-8/h1-3,7,13-14H,4-6H2. The number of thioether (sulfide) groups is 1. The minimum Gasteiger partial charge on any atom is -0.394 e. The van der Waals surface area contributed by atoms with Gasteiger partial charge in [-0.1, -0.05) is 11.2 Å². The summed E-state index contributed by atoms with van der Waals surface area (Å²) < 4.78 is 5.12. The van der Waals surface area contributed by atoms with E-state index in [2.05, 4.69) is 10.1 Å². The van der Waals surface area contributed by atoms with Gasteiger partial charge in [-0.05, 0) is 11.4 Å². The Morgan fingerprint density at radius 2 is 2.41 bits per heavy atom. The van der Waals surface area contributed by atoms with E-state index in [9.17, 15) is 0 Å². The molecule has 92 valence electrons. The highest BCUT2D eigenvalue weighted by molar-refractivity contribution is 7.98. The molecule has 0 fully saturated rings. The Morgan fingerprint density at radius 3 is 3.12 bits per heavy atom. The molecule has 7 heteroatoms. The Kier molecular flexibility index (Phi) is 4.55. The first-order valence-electron chi connectivity index (χ1n) is 5.02. The number of aliphatic hydroxyl groups is 2. The van der Waals surface area contributed by atoms with Crippen LogP contribution in [0.1, 0.15) is 5.82 Å². The minimum atomic E-state index is -0.691. The third-order valence-corrected chi connectivity index (χ3v) is 3.89.